The van der Waals surface area contributed by atoms with Gasteiger partial charge in [0.15, 0.2) is 10.8 Å². The van der Waals surface area contributed by atoms with E-state index in [1.807, 2.05) is 0 Å². The zero-order valence-corrected chi connectivity index (χ0v) is 16.2. The number of anilines is 1. The maximum atomic E-state index is 12.5. The van der Waals surface area contributed by atoms with Crippen LogP contribution in [0.25, 0.3) is 0 Å². The number of aromatic nitrogens is 2. The molecule has 0 radical (unpaired) electrons. The normalized spacial score (nSPS) is 12.3. The van der Waals surface area contributed by atoms with Gasteiger partial charge in [-0.1, -0.05) is 18.2 Å². The highest BCUT2D eigenvalue weighted by molar-refractivity contribution is 7.92. The van der Waals surface area contributed by atoms with Gasteiger partial charge in [-0.15, -0.1) is 16.4 Å². The quantitative estimate of drug-likeness (QED) is 0.234. The van der Waals surface area contributed by atoms with Crippen LogP contribution in [0.5, 0.6) is 0 Å². The molecule has 0 bridgehead atoms. The summed E-state index contributed by atoms with van der Waals surface area (Å²) in [5.41, 5.74) is 0.259. The lowest BCUT2D eigenvalue weighted by atomic mass is 10.4. The summed E-state index contributed by atoms with van der Waals surface area (Å²) >= 11 is 6.84. The van der Waals surface area contributed by atoms with Gasteiger partial charge in [0.25, 0.3) is 12.3 Å². The summed E-state index contributed by atoms with van der Waals surface area (Å²) in [7, 11) is -3.67. The van der Waals surface area contributed by atoms with Crippen molar-refractivity contribution in [2.45, 2.75) is 13.0 Å². The second-order valence-electron chi connectivity index (χ2n) is 5.07. The molecule has 0 aliphatic heterocycles. The number of hydrazone groups is 1. The van der Waals surface area contributed by atoms with E-state index >= 15 is 0 Å². The summed E-state index contributed by atoms with van der Waals surface area (Å²) in [6.45, 7) is 2.97. The monoisotopic (exact) mass is 437 g/mol. The van der Waals surface area contributed by atoms with Crippen molar-refractivity contribution < 1.29 is 21.9 Å². The molecule has 0 aliphatic rings. The van der Waals surface area contributed by atoms with Crippen molar-refractivity contribution in [3.05, 3.63) is 51.9 Å². The first-order valence-corrected chi connectivity index (χ1v) is 10.1. The number of nitrogens with zero attached hydrogens (tertiary/aromatic N) is 4. The number of sulfonamides is 1. The fraction of sp³-hybridized carbons (Fsp3) is 0.214. The van der Waals surface area contributed by atoms with Crippen molar-refractivity contribution >= 4 is 44.5 Å². The number of hydrogen-bond donors (Lipinski definition) is 1. The fourth-order valence-electron chi connectivity index (χ4n) is 1.85. The smallest absolute Gasteiger partial charge is 0.294 e. The van der Waals surface area contributed by atoms with E-state index in [0.717, 1.165) is 21.9 Å². The Morgan fingerprint density at radius 1 is 1.48 bits per heavy atom. The second-order valence-corrected chi connectivity index (χ2v) is 8.52. The van der Waals surface area contributed by atoms with Crippen molar-refractivity contribution in [3.63, 3.8) is 0 Å². The Kier molecular flexibility index (Phi) is 6.68. The van der Waals surface area contributed by atoms with Crippen molar-refractivity contribution in [1.82, 2.24) is 9.97 Å². The van der Waals surface area contributed by atoms with Crippen molar-refractivity contribution in [2.24, 2.45) is 10.9 Å². The lowest BCUT2D eigenvalue weighted by molar-refractivity contribution is 0.134. The van der Waals surface area contributed by atoms with Crippen LogP contribution in [0.2, 0.25) is 5.02 Å². The predicted molar refractivity (Wildman–Crippen MR) is 99.3 cm³/mol. The van der Waals surface area contributed by atoms with E-state index in [9.17, 15) is 17.2 Å². The van der Waals surface area contributed by atoms with Crippen LogP contribution in [-0.4, -0.2) is 37.0 Å². The Morgan fingerprint density at radius 2 is 2.19 bits per heavy atom. The van der Waals surface area contributed by atoms with Gasteiger partial charge in [0.2, 0.25) is 10.0 Å². The van der Waals surface area contributed by atoms with Crippen molar-refractivity contribution in [2.75, 3.05) is 10.6 Å². The average molecular weight is 438 g/mol. The highest BCUT2D eigenvalue weighted by Gasteiger charge is 2.22. The first-order chi connectivity index (χ1) is 12.6. The summed E-state index contributed by atoms with van der Waals surface area (Å²) < 4.78 is 55.2. The molecule has 2 heterocycles. The standard InChI is InChI=1S/C14H14ClF2N5O3S2/c1-8(12(16)17)25-13(21-18)14-20-6-11(26-14)7-22(27(2,23)24)10-3-9(15)4-19-5-10/h3-6,12H,1,7,18H2,2H3/b21-13-. The minimum atomic E-state index is -3.67. The Balaban J connectivity index is 2.27. The van der Waals surface area contributed by atoms with E-state index in [1.165, 1.54) is 24.7 Å². The number of halogens is 3. The lowest BCUT2D eigenvalue weighted by Crippen LogP contribution is -2.29. The second kappa shape index (κ2) is 8.59. The minimum Gasteiger partial charge on any atom is -0.434 e. The molecule has 27 heavy (non-hydrogen) atoms. The van der Waals surface area contributed by atoms with Gasteiger partial charge < -0.3 is 10.6 Å². The van der Waals surface area contributed by atoms with Crippen LogP contribution in [0, 0.1) is 0 Å². The first kappa shape index (κ1) is 21.0. The van der Waals surface area contributed by atoms with Gasteiger partial charge >= 0.3 is 0 Å². The van der Waals surface area contributed by atoms with Crippen LogP contribution in [0.3, 0.4) is 0 Å². The van der Waals surface area contributed by atoms with Gasteiger partial charge in [-0.3, -0.25) is 9.29 Å². The van der Waals surface area contributed by atoms with E-state index in [1.54, 1.807) is 0 Å². The Hall–Kier alpha value is -2.31. The third kappa shape index (κ3) is 5.58. The highest BCUT2D eigenvalue weighted by Crippen LogP contribution is 2.25. The molecule has 0 saturated carbocycles. The van der Waals surface area contributed by atoms with Gasteiger partial charge in [0.05, 0.1) is 29.7 Å². The molecule has 0 saturated heterocycles. The summed E-state index contributed by atoms with van der Waals surface area (Å²) in [6.07, 6.45) is 2.18. The number of allylic oxidation sites excluding steroid dienone is 1. The average Bonchev–Trinajstić information content (AvgIpc) is 3.04. The molecule has 13 heteroatoms. The van der Waals surface area contributed by atoms with E-state index in [-0.39, 0.29) is 28.2 Å². The topological polar surface area (TPSA) is 111 Å². The van der Waals surface area contributed by atoms with Crippen molar-refractivity contribution in [1.29, 1.82) is 0 Å². The van der Waals surface area contributed by atoms with Gasteiger partial charge in [-0.25, -0.2) is 22.2 Å². The third-order valence-corrected chi connectivity index (χ3v) is 5.32. The molecule has 0 atom stereocenters. The van der Waals surface area contributed by atoms with E-state index in [4.69, 9.17) is 22.2 Å². The molecule has 0 spiro atoms. The van der Waals surface area contributed by atoms with E-state index in [2.05, 4.69) is 21.6 Å². The van der Waals surface area contributed by atoms with Gasteiger partial charge in [0, 0.05) is 17.3 Å². The van der Waals surface area contributed by atoms with Crippen molar-refractivity contribution in [3.8, 4) is 0 Å². The number of hydrogen-bond acceptors (Lipinski definition) is 8. The van der Waals surface area contributed by atoms with Crippen LogP contribution < -0.4 is 10.1 Å². The molecule has 0 aromatic carbocycles. The Morgan fingerprint density at radius 3 is 2.74 bits per heavy atom. The molecule has 146 valence electrons. The summed E-state index contributed by atoms with van der Waals surface area (Å²) in [5.74, 6) is 3.97. The number of alkyl halides is 2. The number of rotatable bonds is 7. The minimum absolute atomic E-state index is 0.0898. The van der Waals surface area contributed by atoms with Gasteiger partial charge in [-0.05, 0) is 6.07 Å². The fourth-order valence-corrected chi connectivity index (χ4v) is 3.79. The third-order valence-electron chi connectivity index (χ3n) is 3.00. The van der Waals surface area contributed by atoms with Crippen LogP contribution in [0.4, 0.5) is 14.5 Å². The number of thiazole rings is 1. The Bertz CT molecular complexity index is 965. The summed E-state index contributed by atoms with van der Waals surface area (Å²) in [4.78, 5) is 8.32. The van der Waals surface area contributed by atoms with Gasteiger partial charge in [0.1, 0.15) is 0 Å². The van der Waals surface area contributed by atoms with Crippen LogP contribution >= 0.6 is 22.9 Å². The Labute approximate surface area is 163 Å². The summed E-state index contributed by atoms with van der Waals surface area (Å²) in [6, 6.07) is 1.44. The van der Waals surface area contributed by atoms with Crippen LogP contribution in [-0.2, 0) is 21.3 Å². The van der Waals surface area contributed by atoms with Gasteiger partial charge in [-0.2, -0.15) is 0 Å². The zero-order chi connectivity index (χ0) is 20.2. The SMILES string of the molecule is C=C(O/C(=N\N)c1ncc(CN(c2cncc(Cl)c2)S(C)(=O)=O)s1)C(F)F. The molecular formula is C14H14ClF2N5O3S2. The molecule has 0 fully saturated rings. The maximum absolute atomic E-state index is 12.5. The molecule has 0 unspecified atom stereocenters. The molecule has 2 aromatic heterocycles. The molecular weight excluding hydrogens is 424 g/mol. The largest absolute Gasteiger partial charge is 0.434 e. The lowest BCUT2D eigenvalue weighted by Gasteiger charge is -2.21. The number of pyridine rings is 1. The summed E-state index contributed by atoms with van der Waals surface area (Å²) in [5, 5.41) is 3.64. The predicted octanol–water partition coefficient (Wildman–Crippen LogP) is 2.57. The maximum Gasteiger partial charge on any atom is 0.294 e. The zero-order valence-electron chi connectivity index (χ0n) is 13.8. The molecule has 2 rings (SSSR count). The van der Waals surface area contributed by atoms with Crippen LogP contribution in [0.15, 0.2) is 42.1 Å². The van der Waals surface area contributed by atoms with Crippen LogP contribution in [0.1, 0.15) is 9.88 Å². The first-order valence-electron chi connectivity index (χ1n) is 7.08. The number of nitrogens with two attached hydrogens (primary N) is 1. The molecule has 2 N–H and O–H groups in total. The molecule has 0 amide bonds. The molecule has 0 aliphatic carbocycles. The number of ether oxygens (including phenoxy) is 1. The van der Waals surface area contributed by atoms with E-state index in [0.29, 0.717) is 4.88 Å². The molecule has 2 aromatic rings. The molecule has 8 nitrogen and oxygen atoms in total. The highest BCUT2D eigenvalue weighted by atomic mass is 35.5. The van der Waals surface area contributed by atoms with E-state index < -0.39 is 22.2 Å².